The first-order valence-electron chi connectivity index (χ1n) is 13.5. The summed E-state index contributed by atoms with van der Waals surface area (Å²) in [6, 6.07) is 16.5. The lowest BCUT2D eigenvalue weighted by Gasteiger charge is -2.42. The molecular weight excluding hydrogens is 512 g/mol. The summed E-state index contributed by atoms with van der Waals surface area (Å²) >= 11 is 0. The minimum atomic E-state index is -0.646. The van der Waals surface area contributed by atoms with E-state index < -0.39 is 17.2 Å². The van der Waals surface area contributed by atoms with Crippen molar-refractivity contribution in [1.82, 2.24) is 9.80 Å². The van der Waals surface area contributed by atoms with Gasteiger partial charge in [-0.3, -0.25) is 24.3 Å². The van der Waals surface area contributed by atoms with Crippen LogP contribution < -0.4 is 9.64 Å². The third kappa shape index (κ3) is 4.51. The van der Waals surface area contributed by atoms with Crippen molar-refractivity contribution < 1.29 is 23.1 Å². The first-order chi connectivity index (χ1) is 19.2. The van der Waals surface area contributed by atoms with Gasteiger partial charge in [0.05, 0.1) is 29.9 Å². The van der Waals surface area contributed by atoms with Crippen LogP contribution in [0, 0.1) is 11.6 Å². The summed E-state index contributed by atoms with van der Waals surface area (Å²) in [7, 11) is 1.56. The van der Waals surface area contributed by atoms with E-state index in [2.05, 4.69) is 15.9 Å². The van der Waals surface area contributed by atoms with Crippen molar-refractivity contribution >= 4 is 23.0 Å². The number of ketones is 1. The molecule has 6 rings (SSSR count). The van der Waals surface area contributed by atoms with E-state index in [0.717, 1.165) is 48.4 Å². The van der Waals surface area contributed by atoms with E-state index in [9.17, 15) is 18.4 Å². The maximum atomic E-state index is 13.7. The van der Waals surface area contributed by atoms with Crippen molar-refractivity contribution in [3.8, 4) is 5.75 Å². The van der Waals surface area contributed by atoms with Crippen LogP contribution in [0.1, 0.15) is 46.9 Å². The quantitative estimate of drug-likeness (QED) is 0.406. The molecule has 0 aliphatic carbocycles. The number of ether oxygens (including phenoxy) is 1. The number of hydrogen-bond donors (Lipinski definition) is 0. The number of carbonyl (C=O) groups excluding carboxylic acids is 2. The van der Waals surface area contributed by atoms with Gasteiger partial charge in [-0.25, -0.2) is 8.78 Å². The molecule has 1 saturated heterocycles. The van der Waals surface area contributed by atoms with Gasteiger partial charge in [-0.2, -0.15) is 0 Å². The van der Waals surface area contributed by atoms with Gasteiger partial charge in [0.1, 0.15) is 17.4 Å². The van der Waals surface area contributed by atoms with E-state index in [-0.39, 0.29) is 17.7 Å². The number of Topliss-reactive ketones (excluding diaryl/α,β-unsaturated/α-hetero) is 1. The maximum Gasteiger partial charge on any atom is 0.300 e. The van der Waals surface area contributed by atoms with Crippen LogP contribution in [0.3, 0.4) is 0 Å². The minimum Gasteiger partial charge on any atom is -0.497 e. The van der Waals surface area contributed by atoms with E-state index in [1.54, 1.807) is 42.3 Å². The summed E-state index contributed by atoms with van der Waals surface area (Å²) in [4.78, 5) is 32.1. The number of rotatable bonds is 6. The highest BCUT2D eigenvalue weighted by Crippen LogP contribution is 2.47. The summed E-state index contributed by atoms with van der Waals surface area (Å²) in [5.41, 5.74) is 4.24. The van der Waals surface area contributed by atoms with E-state index in [1.165, 1.54) is 24.3 Å². The highest BCUT2D eigenvalue weighted by Gasteiger charge is 2.47. The predicted molar refractivity (Wildman–Crippen MR) is 150 cm³/mol. The molecule has 3 heterocycles. The van der Waals surface area contributed by atoms with Crippen molar-refractivity contribution in [3.05, 3.63) is 101 Å². The van der Waals surface area contributed by atoms with E-state index in [1.807, 2.05) is 19.9 Å². The van der Waals surface area contributed by atoms with E-state index in [0.29, 0.717) is 23.5 Å². The Morgan fingerprint density at radius 2 is 1.40 bits per heavy atom. The third-order valence-electron chi connectivity index (χ3n) is 8.17. The van der Waals surface area contributed by atoms with E-state index >= 15 is 0 Å². The number of nitrogens with zero attached hydrogens (tertiary/aromatic N) is 3. The molecule has 1 amide bonds. The van der Waals surface area contributed by atoms with Gasteiger partial charge in [-0.05, 0) is 66.9 Å². The zero-order valence-corrected chi connectivity index (χ0v) is 22.8. The summed E-state index contributed by atoms with van der Waals surface area (Å²) < 4.78 is 32.9. The lowest BCUT2D eigenvalue weighted by atomic mass is 9.87. The molecule has 6 nitrogen and oxygen atoms in total. The third-order valence-corrected chi connectivity index (χ3v) is 8.17. The summed E-state index contributed by atoms with van der Waals surface area (Å²) in [5, 5.41) is 0. The van der Waals surface area contributed by atoms with Crippen LogP contribution in [0.2, 0.25) is 0 Å². The van der Waals surface area contributed by atoms with Crippen LogP contribution >= 0.6 is 0 Å². The van der Waals surface area contributed by atoms with Gasteiger partial charge in [-0.15, -0.1) is 0 Å². The van der Waals surface area contributed by atoms with Crippen LogP contribution in [-0.4, -0.2) is 66.9 Å². The van der Waals surface area contributed by atoms with E-state index in [4.69, 9.17) is 4.74 Å². The molecule has 0 atom stereocenters. The van der Waals surface area contributed by atoms with Gasteiger partial charge in [0.25, 0.3) is 11.7 Å². The first kappa shape index (κ1) is 26.3. The number of methoxy groups -OCH3 is 1. The number of anilines is 1. The van der Waals surface area contributed by atoms with Crippen molar-refractivity contribution in [2.75, 3.05) is 44.7 Å². The Balaban J connectivity index is 1.25. The lowest BCUT2D eigenvalue weighted by Crippen LogP contribution is -2.50. The molecule has 0 aromatic heterocycles. The Morgan fingerprint density at radius 1 is 0.850 bits per heavy atom. The second-order valence-corrected chi connectivity index (χ2v) is 11.2. The van der Waals surface area contributed by atoms with Crippen molar-refractivity contribution in [3.63, 3.8) is 0 Å². The average molecular weight is 544 g/mol. The molecule has 0 radical (unpaired) electrons. The van der Waals surface area contributed by atoms with Crippen LogP contribution in [0.5, 0.6) is 5.75 Å². The SMILES string of the molecule is COc1cc2c3c(c1)C(CN1CCN(C(c4ccc(F)cc4)c4ccc(F)cc4)CC1)=CC(C)(C)N3C(=O)C2=O. The van der Waals surface area contributed by atoms with Gasteiger partial charge >= 0.3 is 0 Å². The largest absolute Gasteiger partial charge is 0.497 e. The molecule has 0 N–H and O–H groups in total. The molecule has 1 fully saturated rings. The molecule has 206 valence electrons. The molecule has 8 heteroatoms. The zero-order chi connectivity index (χ0) is 28.2. The summed E-state index contributed by atoms with van der Waals surface area (Å²) in [6.07, 6.45) is 2.08. The first-order valence-corrected chi connectivity index (χ1v) is 13.5. The maximum absolute atomic E-state index is 13.7. The zero-order valence-electron chi connectivity index (χ0n) is 22.8. The number of piperazine rings is 1. The van der Waals surface area contributed by atoms with Gasteiger partial charge in [0, 0.05) is 38.3 Å². The van der Waals surface area contributed by atoms with Gasteiger partial charge in [0.15, 0.2) is 0 Å². The molecule has 0 saturated carbocycles. The summed E-state index contributed by atoms with van der Waals surface area (Å²) in [5.74, 6) is -1.04. The average Bonchev–Trinajstić information content (AvgIpc) is 3.20. The standard InChI is InChI=1S/C32H31F2N3O3/c1-32(2)18-22(26-16-25(40-3)17-27-29(26)37(32)31(39)30(27)38)19-35-12-14-36(15-13-35)28(20-4-8-23(33)9-5-20)21-6-10-24(34)11-7-21/h4-11,16-18,28H,12-15,19H2,1-3H3. The predicted octanol–water partition coefficient (Wildman–Crippen LogP) is 5.09. The highest BCUT2D eigenvalue weighted by molar-refractivity contribution is 6.53. The molecule has 3 aromatic rings. The number of halogens is 2. The molecule has 0 unspecified atom stereocenters. The fraction of sp³-hybridized carbons (Fsp3) is 0.312. The van der Waals surface area contributed by atoms with Gasteiger partial charge in [0.2, 0.25) is 0 Å². The lowest BCUT2D eigenvalue weighted by molar-refractivity contribution is -0.115. The summed E-state index contributed by atoms with van der Waals surface area (Å²) in [6.45, 7) is 7.65. The molecule has 40 heavy (non-hydrogen) atoms. The second-order valence-electron chi connectivity index (χ2n) is 11.2. The number of carbonyl (C=O) groups is 2. The Bertz CT molecular complexity index is 1460. The highest BCUT2D eigenvalue weighted by atomic mass is 19.1. The molecule has 0 bridgehead atoms. The molecule has 3 aromatic carbocycles. The Morgan fingerprint density at radius 3 is 1.95 bits per heavy atom. The van der Waals surface area contributed by atoms with Gasteiger partial charge in [-0.1, -0.05) is 30.3 Å². The number of amides is 1. The normalized spacial score (nSPS) is 18.8. The molecular formula is C32H31F2N3O3. The topological polar surface area (TPSA) is 53.1 Å². The second kappa shape index (κ2) is 9.94. The van der Waals surface area contributed by atoms with Crippen molar-refractivity contribution in [1.29, 1.82) is 0 Å². The van der Waals surface area contributed by atoms with Gasteiger partial charge < -0.3 is 4.74 Å². The number of benzene rings is 3. The Labute approximate surface area is 232 Å². The smallest absolute Gasteiger partial charge is 0.300 e. The number of hydrogen-bond acceptors (Lipinski definition) is 5. The van der Waals surface area contributed by atoms with Crippen LogP contribution in [0.4, 0.5) is 14.5 Å². The van der Waals surface area contributed by atoms with Crippen LogP contribution in [0.25, 0.3) is 5.57 Å². The van der Waals surface area contributed by atoms with Crippen LogP contribution in [0.15, 0.2) is 66.7 Å². The minimum absolute atomic E-state index is 0.122. The van der Waals surface area contributed by atoms with Crippen molar-refractivity contribution in [2.24, 2.45) is 0 Å². The molecule has 0 spiro atoms. The fourth-order valence-electron chi connectivity index (χ4n) is 6.28. The Hall–Kier alpha value is -3.88. The Kier molecular flexibility index (Phi) is 6.55. The van der Waals surface area contributed by atoms with Crippen LogP contribution in [-0.2, 0) is 4.79 Å². The molecule has 3 aliphatic heterocycles. The fourth-order valence-corrected chi connectivity index (χ4v) is 6.28. The monoisotopic (exact) mass is 543 g/mol. The van der Waals surface area contributed by atoms with Crippen molar-refractivity contribution in [2.45, 2.75) is 25.4 Å². The molecule has 3 aliphatic rings.